The van der Waals surface area contributed by atoms with Crippen molar-refractivity contribution in [3.63, 3.8) is 0 Å². The Hall–Kier alpha value is -3.38. The number of hydrogen-bond acceptors (Lipinski definition) is 3. The lowest BCUT2D eigenvalue weighted by molar-refractivity contribution is 0.103. The highest BCUT2D eigenvalue weighted by molar-refractivity contribution is 6.08. The summed E-state index contributed by atoms with van der Waals surface area (Å²) in [4.78, 5) is 16.2. The second-order valence-corrected chi connectivity index (χ2v) is 5.16. The topological polar surface area (TPSA) is 42.0 Å². The van der Waals surface area contributed by atoms with Crippen LogP contribution < -0.4 is 5.32 Å². The van der Waals surface area contributed by atoms with Gasteiger partial charge in [0.2, 0.25) is 0 Å². The van der Waals surface area contributed by atoms with Gasteiger partial charge in [0.1, 0.15) is 0 Å². The zero-order chi connectivity index (χ0) is 16.6. The molecule has 0 aliphatic rings. The van der Waals surface area contributed by atoms with Gasteiger partial charge in [0.25, 0.3) is 0 Å². The van der Waals surface area contributed by atoms with Crippen LogP contribution in [0, 0.1) is 11.8 Å². The molecule has 0 bridgehead atoms. The summed E-state index contributed by atoms with van der Waals surface area (Å²) in [7, 11) is 0. The summed E-state index contributed by atoms with van der Waals surface area (Å²) in [6.07, 6.45) is 3.24. The molecule has 0 unspecified atom stereocenters. The van der Waals surface area contributed by atoms with Gasteiger partial charge in [0, 0.05) is 34.8 Å². The van der Waals surface area contributed by atoms with Gasteiger partial charge in [-0.2, -0.15) is 0 Å². The Bertz CT molecular complexity index is 860. The smallest absolute Gasteiger partial charge is 0.193 e. The number of carbonyl (C=O) groups excluding carboxylic acids is 1. The minimum absolute atomic E-state index is 0.0114. The van der Waals surface area contributed by atoms with Crippen molar-refractivity contribution in [2.24, 2.45) is 0 Å². The maximum atomic E-state index is 12.3. The molecule has 3 rings (SSSR count). The van der Waals surface area contributed by atoms with E-state index in [1.807, 2.05) is 42.5 Å². The van der Waals surface area contributed by atoms with Crippen LogP contribution in [-0.2, 0) is 0 Å². The highest BCUT2D eigenvalue weighted by Gasteiger charge is 2.07. The third-order valence-electron chi connectivity index (χ3n) is 3.48. The predicted octanol–water partition coefficient (Wildman–Crippen LogP) is 3.78. The van der Waals surface area contributed by atoms with Crippen molar-refractivity contribution in [2.75, 3.05) is 11.9 Å². The first kappa shape index (κ1) is 15.5. The molecular weight excluding hydrogens is 296 g/mol. The molecule has 1 aromatic heterocycles. The number of hydrogen-bond donors (Lipinski definition) is 1. The number of nitrogens with zero attached hydrogens (tertiary/aromatic N) is 1. The largest absolute Gasteiger partial charge is 0.374 e. The molecule has 3 nitrogen and oxygen atoms in total. The lowest BCUT2D eigenvalue weighted by atomic mass is 10.0. The Kier molecular flexibility index (Phi) is 5.01. The van der Waals surface area contributed by atoms with E-state index < -0.39 is 0 Å². The predicted molar refractivity (Wildman–Crippen MR) is 95.9 cm³/mol. The number of rotatable bonds is 4. The molecule has 3 heteroatoms. The van der Waals surface area contributed by atoms with Crippen LogP contribution in [0.2, 0.25) is 0 Å². The van der Waals surface area contributed by atoms with Crippen LogP contribution in [0.3, 0.4) is 0 Å². The molecule has 0 amide bonds. The Balaban J connectivity index is 1.61. The fourth-order valence-electron chi connectivity index (χ4n) is 2.22. The van der Waals surface area contributed by atoms with Gasteiger partial charge < -0.3 is 5.32 Å². The van der Waals surface area contributed by atoms with Gasteiger partial charge in [-0.05, 0) is 48.5 Å². The molecule has 0 saturated heterocycles. The fourth-order valence-corrected chi connectivity index (χ4v) is 2.22. The zero-order valence-electron chi connectivity index (χ0n) is 13.1. The number of nitrogens with one attached hydrogen (secondary N) is 1. The molecule has 0 fully saturated rings. The van der Waals surface area contributed by atoms with Crippen LogP contribution in [0.1, 0.15) is 21.5 Å². The summed E-state index contributed by atoms with van der Waals surface area (Å²) < 4.78 is 0. The van der Waals surface area contributed by atoms with Gasteiger partial charge in [0.05, 0.1) is 6.54 Å². The van der Waals surface area contributed by atoms with Gasteiger partial charge in [-0.1, -0.05) is 30.0 Å². The second-order valence-electron chi connectivity index (χ2n) is 5.16. The normalized spacial score (nSPS) is 9.67. The van der Waals surface area contributed by atoms with Gasteiger partial charge in [-0.25, -0.2) is 0 Å². The number of anilines is 1. The molecule has 2 aromatic carbocycles. The summed E-state index contributed by atoms with van der Waals surface area (Å²) in [5.74, 6) is 6.15. The van der Waals surface area contributed by atoms with E-state index in [0.29, 0.717) is 17.7 Å². The maximum absolute atomic E-state index is 12.3. The molecule has 1 N–H and O–H groups in total. The van der Waals surface area contributed by atoms with Crippen molar-refractivity contribution in [3.8, 4) is 11.8 Å². The number of carbonyl (C=O) groups is 1. The average molecular weight is 312 g/mol. The van der Waals surface area contributed by atoms with Crippen LogP contribution in [0.4, 0.5) is 5.69 Å². The quantitative estimate of drug-likeness (QED) is 0.589. The second kappa shape index (κ2) is 7.75. The van der Waals surface area contributed by atoms with Crippen LogP contribution >= 0.6 is 0 Å². The van der Waals surface area contributed by atoms with E-state index in [0.717, 1.165) is 11.3 Å². The van der Waals surface area contributed by atoms with E-state index in [9.17, 15) is 4.79 Å². The molecule has 0 saturated carbocycles. The van der Waals surface area contributed by atoms with E-state index >= 15 is 0 Å². The molecule has 24 heavy (non-hydrogen) atoms. The first-order chi connectivity index (χ1) is 11.8. The Labute approximate surface area is 141 Å². The average Bonchev–Trinajstić information content (AvgIpc) is 2.67. The lowest BCUT2D eigenvalue weighted by Crippen LogP contribution is -2.01. The summed E-state index contributed by atoms with van der Waals surface area (Å²) in [6.45, 7) is 0.571. The van der Waals surface area contributed by atoms with Crippen LogP contribution in [0.5, 0.6) is 0 Å². The number of pyridine rings is 1. The van der Waals surface area contributed by atoms with Crippen molar-refractivity contribution in [1.82, 2.24) is 4.98 Å². The highest BCUT2D eigenvalue weighted by atomic mass is 16.1. The van der Waals surface area contributed by atoms with Crippen LogP contribution in [-0.4, -0.2) is 17.3 Å². The summed E-state index contributed by atoms with van der Waals surface area (Å²) >= 11 is 0. The van der Waals surface area contributed by atoms with E-state index in [1.54, 1.807) is 36.7 Å². The zero-order valence-corrected chi connectivity index (χ0v) is 13.1. The molecule has 0 aliphatic heterocycles. The minimum atomic E-state index is -0.0114. The number of para-hydroxylation sites is 1. The molecule has 0 atom stereocenters. The van der Waals surface area contributed by atoms with Crippen LogP contribution in [0.25, 0.3) is 0 Å². The Morgan fingerprint density at radius 3 is 2.25 bits per heavy atom. The highest BCUT2D eigenvalue weighted by Crippen LogP contribution is 2.10. The first-order valence-electron chi connectivity index (χ1n) is 7.65. The fraction of sp³-hybridized carbons (Fsp3) is 0.0476. The maximum Gasteiger partial charge on any atom is 0.193 e. The third-order valence-corrected chi connectivity index (χ3v) is 3.48. The Morgan fingerprint density at radius 1 is 0.875 bits per heavy atom. The molecule has 0 aliphatic carbocycles. The van der Waals surface area contributed by atoms with Crippen molar-refractivity contribution >= 4 is 11.5 Å². The van der Waals surface area contributed by atoms with Crippen LogP contribution in [0.15, 0.2) is 79.1 Å². The molecule has 1 heterocycles. The van der Waals surface area contributed by atoms with Gasteiger partial charge >= 0.3 is 0 Å². The van der Waals surface area contributed by atoms with E-state index in [-0.39, 0.29) is 5.78 Å². The summed E-state index contributed by atoms with van der Waals surface area (Å²) in [5.41, 5.74) is 3.21. The monoisotopic (exact) mass is 312 g/mol. The summed E-state index contributed by atoms with van der Waals surface area (Å²) in [5, 5.41) is 3.23. The first-order valence-corrected chi connectivity index (χ1v) is 7.65. The molecule has 116 valence electrons. The molecular formula is C21H16N2O. The number of aromatic nitrogens is 1. The standard InChI is InChI=1S/C21H16N2O/c24-21(19-12-15-22-16-13-19)18-10-8-17(9-11-18)5-4-14-23-20-6-2-1-3-7-20/h1-3,6-13,15-16,23H,14H2. The van der Waals surface area contributed by atoms with Gasteiger partial charge in [0.15, 0.2) is 5.78 Å². The van der Waals surface area contributed by atoms with E-state index in [2.05, 4.69) is 22.1 Å². The molecule has 0 radical (unpaired) electrons. The molecule has 0 spiro atoms. The third kappa shape index (κ3) is 4.08. The van der Waals surface area contributed by atoms with Crippen molar-refractivity contribution in [3.05, 3.63) is 95.8 Å². The molecule has 3 aromatic rings. The van der Waals surface area contributed by atoms with Gasteiger partial charge in [-0.3, -0.25) is 9.78 Å². The number of ketones is 1. The van der Waals surface area contributed by atoms with Crippen molar-refractivity contribution < 1.29 is 4.79 Å². The van der Waals surface area contributed by atoms with Gasteiger partial charge in [-0.15, -0.1) is 0 Å². The lowest BCUT2D eigenvalue weighted by Gasteiger charge is -2.01. The van der Waals surface area contributed by atoms with Crippen molar-refractivity contribution in [1.29, 1.82) is 0 Å². The minimum Gasteiger partial charge on any atom is -0.374 e. The van der Waals surface area contributed by atoms with Crippen molar-refractivity contribution in [2.45, 2.75) is 0 Å². The van der Waals surface area contributed by atoms with E-state index in [1.165, 1.54) is 0 Å². The summed E-state index contributed by atoms with van der Waals surface area (Å²) in [6, 6.07) is 20.7. The number of benzene rings is 2. The SMILES string of the molecule is O=C(c1ccncc1)c1ccc(C#CCNc2ccccc2)cc1. The Morgan fingerprint density at radius 2 is 1.54 bits per heavy atom. The van der Waals surface area contributed by atoms with E-state index in [4.69, 9.17) is 0 Å².